The van der Waals surface area contributed by atoms with E-state index in [4.69, 9.17) is 5.84 Å². The van der Waals surface area contributed by atoms with Crippen molar-refractivity contribution in [3.63, 3.8) is 0 Å². The Morgan fingerprint density at radius 2 is 1.90 bits per heavy atom. The molecule has 0 aliphatic carbocycles. The Labute approximate surface area is 113 Å². The lowest BCUT2D eigenvalue weighted by Crippen LogP contribution is -2.13. The summed E-state index contributed by atoms with van der Waals surface area (Å²) in [6.07, 6.45) is 1.37. The molecular weight excluding hydrogens is 262 g/mol. The first-order valence-electron chi connectivity index (χ1n) is 5.58. The number of non-ortho nitro benzene ring substituents is 1. The minimum Gasteiger partial charge on any atom is -0.322 e. The number of hydrogen-bond acceptors (Lipinski definition) is 6. The average Bonchev–Trinajstić information content (AvgIpc) is 2.48. The summed E-state index contributed by atoms with van der Waals surface area (Å²) in [5.41, 5.74) is 3.12. The van der Waals surface area contributed by atoms with E-state index in [9.17, 15) is 14.9 Å². The van der Waals surface area contributed by atoms with Crippen molar-refractivity contribution in [3.05, 3.63) is 58.3 Å². The van der Waals surface area contributed by atoms with Gasteiger partial charge in [-0.25, -0.2) is 10.8 Å². The maximum Gasteiger partial charge on any atom is 0.269 e. The summed E-state index contributed by atoms with van der Waals surface area (Å²) < 4.78 is 0. The Bertz CT molecular complexity index is 625. The summed E-state index contributed by atoms with van der Waals surface area (Å²) in [5, 5.41) is 13.1. The molecule has 20 heavy (non-hydrogen) atoms. The molecule has 1 amide bonds. The molecule has 4 N–H and O–H groups in total. The molecule has 8 heteroatoms. The van der Waals surface area contributed by atoms with Crippen LogP contribution in [-0.2, 0) is 0 Å². The number of nitrogens with one attached hydrogen (secondary N) is 2. The number of rotatable bonds is 4. The maximum absolute atomic E-state index is 11.9. The Morgan fingerprint density at radius 1 is 1.20 bits per heavy atom. The molecule has 0 saturated heterocycles. The molecule has 0 fully saturated rings. The second kappa shape index (κ2) is 5.76. The van der Waals surface area contributed by atoms with Crippen molar-refractivity contribution >= 4 is 23.1 Å². The van der Waals surface area contributed by atoms with Crippen molar-refractivity contribution in [1.29, 1.82) is 0 Å². The predicted octanol–water partition coefficient (Wildman–Crippen LogP) is 1.53. The van der Waals surface area contributed by atoms with Gasteiger partial charge in [0.2, 0.25) is 0 Å². The summed E-state index contributed by atoms with van der Waals surface area (Å²) in [6, 6.07) is 8.66. The van der Waals surface area contributed by atoms with Gasteiger partial charge < -0.3 is 10.7 Å². The first kappa shape index (κ1) is 13.4. The Morgan fingerprint density at radius 3 is 2.40 bits per heavy atom. The molecule has 8 nitrogen and oxygen atoms in total. The van der Waals surface area contributed by atoms with Gasteiger partial charge in [-0.05, 0) is 24.3 Å². The zero-order valence-corrected chi connectivity index (χ0v) is 10.2. The van der Waals surface area contributed by atoms with Crippen molar-refractivity contribution in [2.24, 2.45) is 5.84 Å². The van der Waals surface area contributed by atoms with Crippen molar-refractivity contribution in [2.45, 2.75) is 0 Å². The quantitative estimate of drug-likeness (QED) is 0.441. The lowest BCUT2D eigenvalue weighted by Gasteiger charge is -2.05. The Kier molecular flexibility index (Phi) is 3.87. The van der Waals surface area contributed by atoms with Crippen molar-refractivity contribution in [2.75, 3.05) is 10.7 Å². The third-order valence-corrected chi connectivity index (χ3v) is 2.51. The molecule has 1 aromatic heterocycles. The molecule has 102 valence electrons. The molecule has 0 unspecified atom stereocenters. The van der Waals surface area contributed by atoms with E-state index >= 15 is 0 Å². The van der Waals surface area contributed by atoms with Gasteiger partial charge in [-0.3, -0.25) is 14.9 Å². The number of benzene rings is 1. The first-order valence-corrected chi connectivity index (χ1v) is 5.58. The number of carbonyl (C=O) groups is 1. The van der Waals surface area contributed by atoms with E-state index in [1.54, 1.807) is 12.1 Å². The number of nitro benzene ring substituents is 1. The summed E-state index contributed by atoms with van der Waals surface area (Å²) in [7, 11) is 0. The van der Waals surface area contributed by atoms with E-state index in [-0.39, 0.29) is 11.6 Å². The molecular formula is C12H11N5O3. The highest BCUT2D eigenvalue weighted by molar-refractivity contribution is 6.04. The second-order valence-electron chi connectivity index (χ2n) is 3.83. The van der Waals surface area contributed by atoms with E-state index in [2.05, 4.69) is 15.7 Å². The summed E-state index contributed by atoms with van der Waals surface area (Å²) >= 11 is 0. The number of carbonyl (C=O) groups excluding carboxylic acids is 1. The van der Waals surface area contributed by atoms with Gasteiger partial charge in [0.15, 0.2) is 0 Å². The Balaban J connectivity index is 2.08. The molecule has 0 spiro atoms. The number of anilines is 2. The number of nitrogens with two attached hydrogens (primary N) is 1. The first-order chi connectivity index (χ1) is 9.60. The third kappa shape index (κ3) is 3.06. The minimum atomic E-state index is -0.506. The summed E-state index contributed by atoms with van der Waals surface area (Å²) in [6.45, 7) is 0. The van der Waals surface area contributed by atoms with Crippen molar-refractivity contribution < 1.29 is 9.72 Å². The summed E-state index contributed by atoms with van der Waals surface area (Å²) in [5.74, 6) is 5.25. The Hall–Kier alpha value is -3.00. The number of aromatic nitrogens is 1. The van der Waals surface area contributed by atoms with Crippen LogP contribution in [0.15, 0.2) is 42.6 Å². The van der Waals surface area contributed by atoms with E-state index in [1.807, 2.05) is 0 Å². The van der Waals surface area contributed by atoms with Crippen LogP contribution in [0, 0.1) is 10.1 Å². The molecule has 0 aliphatic rings. The highest BCUT2D eigenvalue weighted by Crippen LogP contribution is 2.16. The van der Waals surface area contributed by atoms with Gasteiger partial charge in [0.1, 0.15) is 5.82 Å². The van der Waals surface area contributed by atoms with Gasteiger partial charge in [-0.2, -0.15) is 0 Å². The number of nitrogen functional groups attached to an aromatic ring is 1. The fraction of sp³-hybridized carbons (Fsp3) is 0. The second-order valence-corrected chi connectivity index (χ2v) is 3.83. The number of nitrogens with zero attached hydrogens (tertiary/aromatic N) is 2. The topological polar surface area (TPSA) is 123 Å². The maximum atomic E-state index is 11.9. The number of pyridine rings is 1. The van der Waals surface area contributed by atoms with Crippen LogP contribution in [0.25, 0.3) is 0 Å². The minimum absolute atomic E-state index is 0.0389. The van der Waals surface area contributed by atoms with Crippen LogP contribution in [0.3, 0.4) is 0 Å². The number of hydrazine groups is 1. The fourth-order valence-corrected chi connectivity index (χ4v) is 1.48. The molecule has 0 bridgehead atoms. The highest BCUT2D eigenvalue weighted by Gasteiger charge is 2.08. The molecule has 0 aliphatic heterocycles. The van der Waals surface area contributed by atoms with Crippen LogP contribution in [0.4, 0.5) is 17.2 Å². The lowest BCUT2D eigenvalue weighted by atomic mass is 10.2. The fourth-order valence-electron chi connectivity index (χ4n) is 1.48. The monoisotopic (exact) mass is 273 g/mol. The zero-order chi connectivity index (χ0) is 14.5. The predicted molar refractivity (Wildman–Crippen MR) is 73.1 cm³/mol. The van der Waals surface area contributed by atoms with Crippen LogP contribution in [0.2, 0.25) is 0 Å². The molecule has 0 radical (unpaired) electrons. The third-order valence-electron chi connectivity index (χ3n) is 2.51. The van der Waals surface area contributed by atoms with Crippen LogP contribution < -0.4 is 16.6 Å². The molecule has 1 heterocycles. The molecule has 1 aromatic carbocycles. The van der Waals surface area contributed by atoms with Crippen LogP contribution >= 0.6 is 0 Å². The average molecular weight is 273 g/mol. The molecule has 2 aromatic rings. The van der Waals surface area contributed by atoms with E-state index in [1.165, 1.54) is 30.5 Å². The molecule has 2 rings (SSSR count). The molecule has 0 saturated carbocycles. The SMILES string of the molecule is NNc1ccc(C(=O)Nc2ccc([N+](=O)[O-])cc2)cn1. The van der Waals surface area contributed by atoms with Gasteiger partial charge >= 0.3 is 0 Å². The van der Waals surface area contributed by atoms with Gasteiger partial charge in [-0.1, -0.05) is 0 Å². The van der Waals surface area contributed by atoms with Crippen LogP contribution in [-0.4, -0.2) is 15.8 Å². The number of nitro groups is 1. The zero-order valence-electron chi connectivity index (χ0n) is 10.2. The smallest absolute Gasteiger partial charge is 0.269 e. The van der Waals surface area contributed by atoms with Crippen molar-refractivity contribution in [3.8, 4) is 0 Å². The largest absolute Gasteiger partial charge is 0.322 e. The summed E-state index contributed by atoms with van der Waals surface area (Å²) in [4.78, 5) is 25.8. The molecule has 0 atom stereocenters. The van der Waals surface area contributed by atoms with Gasteiger partial charge in [0.25, 0.3) is 11.6 Å². The highest BCUT2D eigenvalue weighted by atomic mass is 16.6. The van der Waals surface area contributed by atoms with E-state index < -0.39 is 4.92 Å². The lowest BCUT2D eigenvalue weighted by molar-refractivity contribution is -0.384. The number of amides is 1. The van der Waals surface area contributed by atoms with E-state index in [0.717, 1.165) is 0 Å². The van der Waals surface area contributed by atoms with E-state index in [0.29, 0.717) is 17.1 Å². The number of hydrogen-bond donors (Lipinski definition) is 3. The van der Waals surface area contributed by atoms with Crippen LogP contribution in [0.5, 0.6) is 0 Å². The van der Waals surface area contributed by atoms with Gasteiger partial charge in [0.05, 0.1) is 10.5 Å². The van der Waals surface area contributed by atoms with Gasteiger partial charge in [-0.15, -0.1) is 0 Å². The van der Waals surface area contributed by atoms with Gasteiger partial charge in [0, 0.05) is 24.0 Å². The van der Waals surface area contributed by atoms with Crippen LogP contribution in [0.1, 0.15) is 10.4 Å². The van der Waals surface area contributed by atoms with Crippen molar-refractivity contribution in [1.82, 2.24) is 4.98 Å². The normalized spacial score (nSPS) is 9.85. The standard InChI is InChI=1S/C12H11N5O3/c13-16-11-6-1-8(7-14-11)12(18)15-9-2-4-10(5-3-9)17(19)20/h1-7H,13H2,(H,14,16)(H,15,18).